The number of rotatable bonds is 7. The molecule has 2 atom stereocenters. The molecule has 0 aromatic rings. The van der Waals surface area contributed by atoms with Crippen LogP contribution < -0.4 is 0 Å². The topological polar surface area (TPSA) is 46.5 Å². The van der Waals surface area contributed by atoms with Crippen LogP contribution in [0.5, 0.6) is 0 Å². The Morgan fingerprint density at radius 3 is 2.46 bits per heavy atom. The summed E-state index contributed by atoms with van der Waals surface area (Å²) in [6, 6.07) is 0. The molecule has 0 aromatic heterocycles. The van der Waals surface area contributed by atoms with Crippen LogP contribution in [-0.2, 0) is 25.6 Å². The van der Waals surface area contributed by atoms with Gasteiger partial charge in [0.15, 0.2) is 0 Å². The van der Waals surface area contributed by atoms with Gasteiger partial charge in [0.2, 0.25) is 0 Å². The molecular formula is C8H18NiO3P+. The predicted octanol–water partition coefficient (Wildman–Crippen LogP) is 2.87. The summed E-state index contributed by atoms with van der Waals surface area (Å²) in [4.78, 5) is 8.41. The van der Waals surface area contributed by atoms with Crippen molar-refractivity contribution in [2.24, 2.45) is 5.92 Å². The minimum atomic E-state index is -2.40. The Hall–Kier alpha value is 0.514. The van der Waals surface area contributed by atoms with Crippen LogP contribution in [0.3, 0.4) is 0 Å². The van der Waals surface area contributed by atoms with Gasteiger partial charge < -0.3 is 0 Å². The van der Waals surface area contributed by atoms with Gasteiger partial charge in [0.1, 0.15) is 6.61 Å². The zero-order valence-corrected chi connectivity index (χ0v) is 10.0. The second-order valence-electron chi connectivity index (χ2n) is 2.95. The average Bonchev–Trinajstić information content (AvgIpc) is 2.05. The first-order chi connectivity index (χ1) is 5.70. The van der Waals surface area contributed by atoms with E-state index in [9.17, 15) is 4.57 Å². The van der Waals surface area contributed by atoms with Gasteiger partial charge in [-0.05, 0) is 12.3 Å². The molecule has 0 fully saturated rings. The van der Waals surface area contributed by atoms with Crippen molar-refractivity contribution in [3.63, 3.8) is 0 Å². The molecule has 2 unspecified atom stereocenters. The fourth-order valence-electron chi connectivity index (χ4n) is 1.07. The summed E-state index contributed by atoms with van der Waals surface area (Å²) in [6.45, 7) is 4.64. The quantitative estimate of drug-likeness (QED) is 0.559. The molecule has 0 saturated heterocycles. The molecule has 0 radical (unpaired) electrons. The van der Waals surface area contributed by atoms with E-state index in [4.69, 9.17) is 4.89 Å². The van der Waals surface area contributed by atoms with Crippen LogP contribution >= 0.6 is 8.25 Å². The smallest absolute Gasteiger partial charge is 0.133 e. The Labute approximate surface area is 91.1 Å². The number of unbranched alkanes of at least 4 members (excludes halogenated alkanes) is 1. The fourth-order valence-corrected chi connectivity index (χ4v) is 1.41. The summed E-state index contributed by atoms with van der Waals surface area (Å²) in [5, 5.41) is 0. The van der Waals surface area contributed by atoms with Gasteiger partial charge >= 0.3 is 8.25 Å². The van der Waals surface area contributed by atoms with Crippen LogP contribution in [0.25, 0.3) is 0 Å². The molecule has 3 nitrogen and oxygen atoms in total. The zero-order valence-electron chi connectivity index (χ0n) is 8.14. The van der Waals surface area contributed by atoms with E-state index >= 15 is 0 Å². The summed E-state index contributed by atoms with van der Waals surface area (Å²) >= 11 is 0. The van der Waals surface area contributed by atoms with Crippen molar-refractivity contribution in [3.8, 4) is 0 Å². The van der Waals surface area contributed by atoms with Gasteiger partial charge in [-0.3, -0.25) is 0 Å². The van der Waals surface area contributed by atoms with Crippen LogP contribution in [0.15, 0.2) is 0 Å². The Balaban J connectivity index is 0. The molecule has 0 aliphatic heterocycles. The Morgan fingerprint density at radius 2 is 2.08 bits per heavy atom. The standard InChI is InChI=1S/C8H17O3P.Ni/c1-3-5-6-8(4-2)7-11-12(9)10;/h8H,3-7H2,1-2H3;/p+1. The SMILES string of the molecule is CCCCC(CC)CO[P+](=O)O.[Ni]. The molecule has 0 rings (SSSR count). The van der Waals surface area contributed by atoms with E-state index in [1.807, 2.05) is 0 Å². The first-order valence-electron chi connectivity index (χ1n) is 4.49. The van der Waals surface area contributed by atoms with Crippen molar-refractivity contribution in [1.29, 1.82) is 0 Å². The largest absolute Gasteiger partial charge is 0.694 e. The third-order valence-corrected chi connectivity index (χ3v) is 2.33. The Morgan fingerprint density at radius 1 is 1.46 bits per heavy atom. The zero-order chi connectivity index (χ0) is 9.40. The normalized spacial score (nSPS) is 13.3. The number of hydrogen-bond acceptors (Lipinski definition) is 2. The van der Waals surface area contributed by atoms with E-state index in [0.29, 0.717) is 12.5 Å². The van der Waals surface area contributed by atoms with E-state index in [1.54, 1.807) is 0 Å². The van der Waals surface area contributed by atoms with Gasteiger partial charge in [-0.2, -0.15) is 0 Å². The molecule has 0 aromatic carbocycles. The first-order valence-corrected chi connectivity index (χ1v) is 5.62. The van der Waals surface area contributed by atoms with E-state index in [1.165, 1.54) is 12.8 Å². The minimum Gasteiger partial charge on any atom is -0.133 e. The van der Waals surface area contributed by atoms with Crippen molar-refractivity contribution >= 4 is 8.25 Å². The predicted molar refractivity (Wildman–Crippen MR) is 49.1 cm³/mol. The molecule has 0 aliphatic rings. The number of hydrogen-bond donors (Lipinski definition) is 1. The third kappa shape index (κ3) is 10.4. The van der Waals surface area contributed by atoms with Crippen molar-refractivity contribution in [2.75, 3.05) is 6.61 Å². The molecule has 0 aliphatic carbocycles. The van der Waals surface area contributed by atoms with Gasteiger partial charge in [-0.15, -0.1) is 9.42 Å². The van der Waals surface area contributed by atoms with Gasteiger partial charge in [-0.1, -0.05) is 33.1 Å². The Kier molecular flexibility index (Phi) is 13.0. The molecular weight excluding hydrogens is 234 g/mol. The maximum absolute atomic E-state index is 10.2. The third-order valence-electron chi connectivity index (χ3n) is 1.96. The summed E-state index contributed by atoms with van der Waals surface area (Å²) in [6.07, 6.45) is 4.45. The van der Waals surface area contributed by atoms with Crippen LogP contribution in [-0.4, -0.2) is 11.5 Å². The van der Waals surface area contributed by atoms with E-state index in [2.05, 4.69) is 18.4 Å². The summed E-state index contributed by atoms with van der Waals surface area (Å²) in [5.74, 6) is 0.441. The molecule has 0 spiro atoms. The molecule has 0 bridgehead atoms. The first kappa shape index (κ1) is 16.0. The van der Waals surface area contributed by atoms with Crippen LogP contribution in [0.4, 0.5) is 0 Å². The fraction of sp³-hybridized carbons (Fsp3) is 1.00. The van der Waals surface area contributed by atoms with Crippen molar-refractivity contribution in [3.05, 3.63) is 0 Å². The summed E-state index contributed by atoms with van der Waals surface area (Å²) < 4.78 is 14.9. The minimum absolute atomic E-state index is 0. The molecule has 5 heteroatoms. The van der Waals surface area contributed by atoms with Gasteiger partial charge in [0, 0.05) is 21.1 Å². The second-order valence-corrected chi connectivity index (χ2v) is 3.68. The summed E-state index contributed by atoms with van der Waals surface area (Å²) in [5.41, 5.74) is 0. The average molecular weight is 252 g/mol. The molecule has 13 heavy (non-hydrogen) atoms. The van der Waals surface area contributed by atoms with Gasteiger partial charge in [0.05, 0.1) is 0 Å². The van der Waals surface area contributed by atoms with Crippen molar-refractivity contribution in [1.82, 2.24) is 0 Å². The van der Waals surface area contributed by atoms with E-state index in [0.717, 1.165) is 12.8 Å². The molecule has 0 saturated carbocycles. The van der Waals surface area contributed by atoms with Gasteiger partial charge in [-0.25, -0.2) is 0 Å². The molecule has 82 valence electrons. The van der Waals surface area contributed by atoms with Crippen LogP contribution in [0.1, 0.15) is 39.5 Å². The maximum Gasteiger partial charge on any atom is 0.694 e. The van der Waals surface area contributed by atoms with Crippen molar-refractivity contribution in [2.45, 2.75) is 39.5 Å². The monoisotopic (exact) mass is 251 g/mol. The van der Waals surface area contributed by atoms with E-state index in [-0.39, 0.29) is 16.5 Å². The Bertz CT molecular complexity index is 133. The molecule has 0 amide bonds. The van der Waals surface area contributed by atoms with Crippen molar-refractivity contribution < 1.29 is 30.5 Å². The van der Waals surface area contributed by atoms with Gasteiger partial charge in [0.25, 0.3) is 0 Å². The molecule has 1 N–H and O–H groups in total. The molecule has 0 heterocycles. The second kappa shape index (κ2) is 10.6. The summed E-state index contributed by atoms with van der Waals surface area (Å²) in [7, 11) is -2.40. The van der Waals surface area contributed by atoms with Crippen LogP contribution in [0.2, 0.25) is 0 Å². The maximum atomic E-state index is 10.2. The van der Waals surface area contributed by atoms with E-state index < -0.39 is 8.25 Å². The van der Waals surface area contributed by atoms with Crippen LogP contribution in [0, 0.1) is 5.92 Å².